The molecular formula is C13H17BrClNO2S. The largest absolute Gasteiger partial charge is 0.380 e. The second-order valence-corrected chi connectivity index (χ2v) is 8.66. The highest BCUT2D eigenvalue weighted by molar-refractivity contribution is 9.10. The predicted octanol–water partition coefficient (Wildman–Crippen LogP) is 3.79. The van der Waals surface area contributed by atoms with Gasteiger partial charge in [-0.3, -0.25) is 0 Å². The molecule has 3 nitrogen and oxygen atoms in total. The molecule has 106 valence electrons. The van der Waals surface area contributed by atoms with E-state index in [9.17, 15) is 8.42 Å². The van der Waals surface area contributed by atoms with E-state index in [2.05, 4.69) is 21.2 Å². The minimum Gasteiger partial charge on any atom is -0.380 e. The standard InChI is InChI=1S/C13H17BrClNO2S/c1-8-6-9(14)12(7-10(8)15)16-11-4-3-5-13(11)19(2,17)18/h6-7,11,13,16H,3-5H2,1-2H3. The van der Waals surface area contributed by atoms with Crippen molar-refractivity contribution in [2.45, 2.75) is 37.5 Å². The molecule has 0 spiro atoms. The van der Waals surface area contributed by atoms with Gasteiger partial charge in [-0.05, 0) is 59.8 Å². The molecule has 6 heteroatoms. The maximum absolute atomic E-state index is 11.8. The first-order chi connectivity index (χ1) is 8.79. The Morgan fingerprint density at radius 1 is 1.37 bits per heavy atom. The number of hydrogen-bond donors (Lipinski definition) is 1. The summed E-state index contributed by atoms with van der Waals surface area (Å²) in [5, 5.41) is 3.70. The fourth-order valence-electron chi connectivity index (χ4n) is 2.56. The van der Waals surface area contributed by atoms with Crippen LogP contribution < -0.4 is 5.32 Å². The smallest absolute Gasteiger partial charge is 0.152 e. The van der Waals surface area contributed by atoms with E-state index in [-0.39, 0.29) is 11.3 Å². The zero-order chi connectivity index (χ0) is 14.2. The molecule has 0 saturated heterocycles. The second-order valence-electron chi connectivity index (χ2n) is 5.13. The lowest BCUT2D eigenvalue weighted by Gasteiger charge is -2.22. The molecule has 0 bridgehead atoms. The highest BCUT2D eigenvalue weighted by Gasteiger charge is 2.34. The molecule has 1 aromatic carbocycles. The fraction of sp³-hybridized carbons (Fsp3) is 0.538. The van der Waals surface area contributed by atoms with Crippen molar-refractivity contribution in [2.24, 2.45) is 0 Å². The van der Waals surface area contributed by atoms with Gasteiger partial charge in [-0.2, -0.15) is 0 Å². The quantitative estimate of drug-likeness (QED) is 0.885. The summed E-state index contributed by atoms with van der Waals surface area (Å²) in [4.78, 5) is 0. The summed E-state index contributed by atoms with van der Waals surface area (Å²) < 4.78 is 24.4. The molecule has 0 aliphatic heterocycles. The Bertz CT molecular complexity index is 589. The topological polar surface area (TPSA) is 46.2 Å². The zero-order valence-corrected chi connectivity index (χ0v) is 14.1. The number of nitrogens with one attached hydrogen (secondary N) is 1. The number of rotatable bonds is 3. The number of benzene rings is 1. The van der Waals surface area contributed by atoms with Gasteiger partial charge in [0.15, 0.2) is 9.84 Å². The normalized spacial score (nSPS) is 23.6. The monoisotopic (exact) mass is 365 g/mol. The van der Waals surface area contributed by atoms with Gasteiger partial charge in [-0.25, -0.2) is 8.42 Å². The number of hydrogen-bond acceptors (Lipinski definition) is 3. The Morgan fingerprint density at radius 3 is 2.68 bits per heavy atom. The minimum absolute atomic E-state index is 0.0370. The maximum atomic E-state index is 11.8. The summed E-state index contributed by atoms with van der Waals surface area (Å²) >= 11 is 9.61. The highest BCUT2D eigenvalue weighted by atomic mass is 79.9. The van der Waals surface area contributed by atoms with E-state index in [1.54, 1.807) is 0 Å². The molecule has 1 fully saturated rings. The molecular weight excluding hydrogens is 350 g/mol. The van der Waals surface area contributed by atoms with Crippen LogP contribution in [-0.2, 0) is 9.84 Å². The molecule has 2 unspecified atom stereocenters. The lowest BCUT2D eigenvalue weighted by atomic mass is 10.2. The molecule has 2 atom stereocenters. The van der Waals surface area contributed by atoms with Crippen LogP contribution in [0.3, 0.4) is 0 Å². The Labute approximate surface area is 127 Å². The molecule has 19 heavy (non-hydrogen) atoms. The van der Waals surface area contributed by atoms with Crippen LogP contribution in [0.4, 0.5) is 5.69 Å². The van der Waals surface area contributed by atoms with Gasteiger partial charge in [-0.15, -0.1) is 0 Å². The molecule has 2 rings (SSSR count). The summed E-state index contributed by atoms with van der Waals surface area (Å²) in [6, 6.07) is 3.75. The van der Waals surface area contributed by atoms with Crippen molar-refractivity contribution in [1.29, 1.82) is 0 Å². The van der Waals surface area contributed by atoms with Crippen LogP contribution in [0.2, 0.25) is 5.02 Å². The third-order valence-corrected chi connectivity index (χ3v) is 6.32. The van der Waals surface area contributed by atoms with Crippen molar-refractivity contribution in [2.75, 3.05) is 11.6 Å². The minimum atomic E-state index is -3.01. The van der Waals surface area contributed by atoms with E-state index in [1.807, 2.05) is 19.1 Å². The molecule has 0 aromatic heterocycles. The highest BCUT2D eigenvalue weighted by Crippen LogP contribution is 2.33. The number of halogens is 2. The molecule has 1 aromatic rings. The average Bonchev–Trinajstić information content (AvgIpc) is 2.73. The van der Waals surface area contributed by atoms with Gasteiger partial charge in [0.1, 0.15) is 0 Å². The van der Waals surface area contributed by atoms with Gasteiger partial charge in [0.25, 0.3) is 0 Å². The van der Waals surface area contributed by atoms with Crippen LogP contribution in [0.1, 0.15) is 24.8 Å². The van der Waals surface area contributed by atoms with Gasteiger partial charge in [0.05, 0.1) is 10.9 Å². The Hall–Kier alpha value is -0.260. The number of anilines is 1. The van der Waals surface area contributed by atoms with E-state index in [0.29, 0.717) is 5.02 Å². The van der Waals surface area contributed by atoms with Crippen molar-refractivity contribution in [3.05, 3.63) is 27.2 Å². The molecule has 1 aliphatic rings. The van der Waals surface area contributed by atoms with Crippen LogP contribution in [0.5, 0.6) is 0 Å². The summed E-state index contributed by atoms with van der Waals surface area (Å²) in [6.45, 7) is 1.94. The first-order valence-electron chi connectivity index (χ1n) is 6.20. The van der Waals surface area contributed by atoms with Crippen LogP contribution in [0, 0.1) is 6.92 Å². The molecule has 1 saturated carbocycles. The fourth-order valence-corrected chi connectivity index (χ4v) is 4.69. The molecule has 1 aliphatic carbocycles. The molecule has 1 N–H and O–H groups in total. The number of aryl methyl sites for hydroxylation is 1. The van der Waals surface area contributed by atoms with E-state index >= 15 is 0 Å². The van der Waals surface area contributed by atoms with E-state index in [4.69, 9.17) is 11.6 Å². The molecule has 0 amide bonds. The third-order valence-electron chi connectivity index (χ3n) is 3.59. The first-order valence-corrected chi connectivity index (χ1v) is 9.32. The summed E-state index contributed by atoms with van der Waals surface area (Å²) in [6.07, 6.45) is 3.85. The third kappa shape index (κ3) is 3.44. The van der Waals surface area contributed by atoms with E-state index in [1.165, 1.54) is 6.26 Å². The maximum Gasteiger partial charge on any atom is 0.152 e. The second kappa shape index (κ2) is 5.62. The van der Waals surface area contributed by atoms with Crippen LogP contribution in [0.25, 0.3) is 0 Å². The van der Waals surface area contributed by atoms with Crippen molar-refractivity contribution >= 4 is 43.1 Å². The predicted molar refractivity (Wildman–Crippen MR) is 83.8 cm³/mol. The SMILES string of the molecule is Cc1cc(Br)c(NC2CCCC2S(C)(=O)=O)cc1Cl. The molecule has 0 heterocycles. The molecule has 0 radical (unpaired) electrons. The summed E-state index contributed by atoms with van der Waals surface area (Å²) in [5.74, 6) is 0. The van der Waals surface area contributed by atoms with Crippen LogP contribution >= 0.6 is 27.5 Å². The lowest BCUT2D eigenvalue weighted by Crippen LogP contribution is -2.34. The van der Waals surface area contributed by atoms with E-state index < -0.39 is 9.84 Å². The van der Waals surface area contributed by atoms with Crippen molar-refractivity contribution in [1.82, 2.24) is 0 Å². The summed E-state index contributed by atoms with van der Waals surface area (Å²) in [5.41, 5.74) is 1.85. The Morgan fingerprint density at radius 2 is 2.05 bits per heavy atom. The van der Waals surface area contributed by atoms with Gasteiger partial charge < -0.3 is 5.32 Å². The Kier molecular flexibility index (Phi) is 4.48. The van der Waals surface area contributed by atoms with Crippen LogP contribution in [-0.4, -0.2) is 26.0 Å². The average molecular weight is 367 g/mol. The van der Waals surface area contributed by atoms with Gasteiger partial charge in [-0.1, -0.05) is 11.6 Å². The van der Waals surface area contributed by atoms with Crippen molar-refractivity contribution in [3.8, 4) is 0 Å². The van der Waals surface area contributed by atoms with Crippen molar-refractivity contribution < 1.29 is 8.42 Å². The Balaban J connectivity index is 2.24. The van der Waals surface area contributed by atoms with E-state index in [0.717, 1.165) is 35.0 Å². The van der Waals surface area contributed by atoms with Crippen molar-refractivity contribution in [3.63, 3.8) is 0 Å². The summed E-state index contributed by atoms with van der Waals surface area (Å²) in [7, 11) is -3.01. The lowest BCUT2D eigenvalue weighted by molar-refractivity contribution is 0.579. The first kappa shape index (κ1) is 15.1. The van der Waals surface area contributed by atoms with Gasteiger partial charge >= 0.3 is 0 Å². The zero-order valence-electron chi connectivity index (χ0n) is 10.9. The number of sulfone groups is 1. The van der Waals surface area contributed by atoms with Gasteiger partial charge in [0, 0.05) is 21.8 Å². The van der Waals surface area contributed by atoms with Crippen LogP contribution in [0.15, 0.2) is 16.6 Å². The van der Waals surface area contributed by atoms with Gasteiger partial charge in [0.2, 0.25) is 0 Å².